The van der Waals surface area contributed by atoms with Crippen molar-refractivity contribution in [3.8, 4) is 0 Å². The van der Waals surface area contributed by atoms with E-state index in [0.717, 1.165) is 12.8 Å². The minimum absolute atomic E-state index is 0.0705. The molecule has 0 aromatic heterocycles. The van der Waals surface area contributed by atoms with Crippen molar-refractivity contribution in [2.45, 2.75) is 33.6 Å². The topological polar surface area (TPSA) is 55.1 Å². The van der Waals surface area contributed by atoms with Crippen molar-refractivity contribution in [1.29, 1.82) is 0 Å². The molecule has 0 radical (unpaired) electrons. The number of nitrogens with one attached hydrogen (secondary N) is 1. The zero-order valence-electron chi connectivity index (χ0n) is 11.9. The van der Waals surface area contributed by atoms with Crippen LogP contribution in [-0.4, -0.2) is 19.0 Å². The summed E-state index contributed by atoms with van der Waals surface area (Å²) in [4.78, 5) is 12.0. The summed E-state index contributed by atoms with van der Waals surface area (Å²) in [5, 5.41) is 2.85. The molecule has 0 saturated heterocycles. The van der Waals surface area contributed by atoms with Gasteiger partial charge >= 0.3 is 0 Å². The Morgan fingerprint density at radius 3 is 2.47 bits per heavy atom. The van der Waals surface area contributed by atoms with Gasteiger partial charge in [0.15, 0.2) is 0 Å². The predicted octanol–water partition coefficient (Wildman–Crippen LogP) is 2.63. The molecule has 0 saturated carbocycles. The van der Waals surface area contributed by atoms with Gasteiger partial charge in [0, 0.05) is 12.1 Å². The molecule has 1 amide bonds. The first-order chi connectivity index (χ1) is 8.98. The molecule has 3 nitrogen and oxygen atoms in total. The fraction of sp³-hybridized carbons (Fsp3) is 0.533. The smallest absolute Gasteiger partial charge is 0.251 e. The summed E-state index contributed by atoms with van der Waals surface area (Å²) in [6, 6.07) is 4.52. The Bertz CT molecular complexity index is 434. The van der Waals surface area contributed by atoms with Gasteiger partial charge in [-0.2, -0.15) is 0 Å². The van der Waals surface area contributed by atoms with Crippen LogP contribution in [0.5, 0.6) is 0 Å². The number of benzene rings is 1. The normalized spacial score (nSPS) is 11.4. The van der Waals surface area contributed by atoms with Crippen LogP contribution in [0.4, 0.5) is 4.39 Å². The number of aryl methyl sites for hydroxylation is 1. The number of nitrogens with two attached hydrogens (primary N) is 1. The van der Waals surface area contributed by atoms with Gasteiger partial charge < -0.3 is 11.1 Å². The molecule has 1 aromatic rings. The highest BCUT2D eigenvalue weighted by molar-refractivity contribution is 5.94. The minimum atomic E-state index is -0.358. The number of halogens is 1. The molecule has 4 heteroatoms. The lowest BCUT2D eigenvalue weighted by Crippen LogP contribution is -2.41. The molecule has 1 rings (SSSR count). The lowest BCUT2D eigenvalue weighted by atomic mass is 9.82. The molecule has 0 aliphatic heterocycles. The van der Waals surface area contributed by atoms with E-state index in [0.29, 0.717) is 24.2 Å². The van der Waals surface area contributed by atoms with Crippen LogP contribution < -0.4 is 11.1 Å². The summed E-state index contributed by atoms with van der Waals surface area (Å²) in [7, 11) is 0. The van der Waals surface area contributed by atoms with E-state index < -0.39 is 0 Å². The Hall–Kier alpha value is -1.42. The summed E-state index contributed by atoms with van der Waals surface area (Å²) >= 11 is 0. The number of carbonyl (C=O) groups excluding carboxylic acids is 1. The van der Waals surface area contributed by atoms with Crippen LogP contribution in [0.1, 0.15) is 42.6 Å². The standard InChI is InChI=1S/C15H23FN2O/c1-4-15(5-2,9-17)10-18-14(19)12-7-6-11(3)13(16)8-12/h6-8H,4-5,9-10,17H2,1-3H3,(H,18,19). The summed E-state index contributed by atoms with van der Waals surface area (Å²) in [6.45, 7) is 6.85. The molecule has 0 bridgehead atoms. The molecule has 0 atom stereocenters. The maximum absolute atomic E-state index is 13.4. The molecule has 0 spiro atoms. The van der Waals surface area contributed by atoms with Gasteiger partial charge in [0.05, 0.1) is 0 Å². The summed E-state index contributed by atoms with van der Waals surface area (Å²) in [6.07, 6.45) is 1.81. The van der Waals surface area contributed by atoms with Crippen LogP contribution in [0.15, 0.2) is 18.2 Å². The Kier molecular flexibility index (Phi) is 5.48. The van der Waals surface area contributed by atoms with Gasteiger partial charge in [-0.05, 0) is 49.4 Å². The maximum Gasteiger partial charge on any atom is 0.251 e. The van der Waals surface area contributed by atoms with Crippen molar-refractivity contribution in [1.82, 2.24) is 5.32 Å². The van der Waals surface area contributed by atoms with E-state index in [1.54, 1.807) is 19.1 Å². The van der Waals surface area contributed by atoms with E-state index in [4.69, 9.17) is 5.73 Å². The third-order valence-electron chi connectivity index (χ3n) is 3.99. The van der Waals surface area contributed by atoms with Crippen LogP contribution in [0.25, 0.3) is 0 Å². The lowest BCUT2D eigenvalue weighted by Gasteiger charge is -2.30. The zero-order valence-corrected chi connectivity index (χ0v) is 11.9. The van der Waals surface area contributed by atoms with E-state index in [1.807, 2.05) is 0 Å². The van der Waals surface area contributed by atoms with Gasteiger partial charge in [-0.15, -0.1) is 0 Å². The second kappa shape index (κ2) is 6.66. The van der Waals surface area contributed by atoms with Gasteiger partial charge in [-0.3, -0.25) is 4.79 Å². The van der Waals surface area contributed by atoms with E-state index in [9.17, 15) is 9.18 Å². The molecule has 0 fully saturated rings. The summed E-state index contributed by atoms with van der Waals surface area (Å²) in [5.41, 5.74) is 6.60. The van der Waals surface area contributed by atoms with Gasteiger partial charge in [0.25, 0.3) is 5.91 Å². The van der Waals surface area contributed by atoms with Gasteiger partial charge in [0.2, 0.25) is 0 Å². The first-order valence-corrected chi connectivity index (χ1v) is 6.72. The highest BCUT2D eigenvalue weighted by atomic mass is 19.1. The fourth-order valence-electron chi connectivity index (χ4n) is 1.96. The van der Waals surface area contributed by atoms with Crippen molar-refractivity contribution in [3.63, 3.8) is 0 Å². The van der Waals surface area contributed by atoms with Crippen LogP contribution in [-0.2, 0) is 0 Å². The monoisotopic (exact) mass is 266 g/mol. The molecule has 0 aliphatic rings. The van der Waals surface area contributed by atoms with E-state index in [-0.39, 0.29) is 17.1 Å². The van der Waals surface area contributed by atoms with Crippen molar-refractivity contribution >= 4 is 5.91 Å². The summed E-state index contributed by atoms with van der Waals surface area (Å²) in [5.74, 6) is -0.609. The van der Waals surface area contributed by atoms with E-state index in [1.165, 1.54) is 6.07 Å². The maximum atomic E-state index is 13.4. The quantitative estimate of drug-likeness (QED) is 0.831. The number of hydrogen-bond donors (Lipinski definition) is 2. The molecule has 106 valence electrons. The molecule has 3 N–H and O–H groups in total. The SMILES string of the molecule is CCC(CC)(CN)CNC(=O)c1ccc(C)c(F)c1. The average Bonchev–Trinajstić information content (AvgIpc) is 2.43. The van der Waals surface area contributed by atoms with Crippen LogP contribution in [0.2, 0.25) is 0 Å². The number of rotatable bonds is 6. The second-order valence-corrected chi connectivity index (χ2v) is 5.06. The Labute approximate surface area is 114 Å². The lowest BCUT2D eigenvalue weighted by molar-refractivity contribution is 0.0927. The second-order valence-electron chi connectivity index (χ2n) is 5.06. The molecule has 19 heavy (non-hydrogen) atoms. The Balaban J connectivity index is 2.72. The van der Waals surface area contributed by atoms with Crippen LogP contribution in [0, 0.1) is 18.2 Å². The largest absolute Gasteiger partial charge is 0.351 e. The number of hydrogen-bond acceptors (Lipinski definition) is 2. The molecule has 1 aromatic carbocycles. The zero-order chi connectivity index (χ0) is 14.5. The van der Waals surface area contributed by atoms with Gasteiger partial charge in [-0.25, -0.2) is 4.39 Å². The predicted molar refractivity (Wildman–Crippen MR) is 75.5 cm³/mol. The molecule has 0 unspecified atom stereocenters. The van der Waals surface area contributed by atoms with Crippen LogP contribution in [0.3, 0.4) is 0 Å². The van der Waals surface area contributed by atoms with Gasteiger partial charge in [0.1, 0.15) is 5.82 Å². The Morgan fingerprint density at radius 1 is 1.37 bits per heavy atom. The Morgan fingerprint density at radius 2 is 2.00 bits per heavy atom. The van der Waals surface area contributed by atoms with E-state index >= 15 is 0 Å². The third-order valence-corrected chi connectivity index (χ3v) is 3.99. The fourth-order valence-corrected chi connectivity index (χ4v) is 1.96. The number of carbonyl (C=O) groups is 1. The summed E-state index contributed by atoms with van der Waals surface area (Å²) < 4.78 is 13.4. The van der Waals surface area contributed by atoms with Crippen molar-refractivity contribution < 1.29 is 9.18 Å². The first kappa shape index (κ1) is 15.6. The third kappa shape index (κ3) is 3.77. The minimum Gasteiger partial charge on any atom is -0.351 e. The van der Waals surface area contributed by atoms with Crippen molar-refractivity contribution in [2.24, 2.45) is 11.1 Å². The van der Waals surface area contributed by atoms with Crippen molar-refractivity contribution in [2.75, 3.05) is 13.1 Å². The van der Waals surface area contributed by atoms with E-state index in [2.05, 4.69) is 19.2 Å². The molecule has 0 heterocycles. The first-order valence-electron chi connectivity index (χ1n) is 6.72. The molecular formula is C15H23FN2O. The number of amides is 1. The molecular weight excluding hydrogens is 243 g/mol. The van der Waals surface area contributed by atoms with Crippen LogP contribution >= 0.6 is 0 Å². The average molecular weight is 266 g/mol. The molecule has 0 aliphatic carbocycles. The highest BCUT2D eigenvalue weighted by Gasteiger charge is 2.25. The highest BCUT2D eigenvalue weighted by Crippen LogP contribution is 2.23. The van der Waals surface area contributed by atoms with Crippen molar-refractivity contribution in [3.05, 3.63) is 35.1 Å². The van der Waals surface area contributed by atoms with Gasteiger partial charge in [-0.1, -0.05) is 19.9 Å².